The number of halogens is 1. The van der Waals surface area contributed by atoms with Crippen LogP contribution in [0.5, 0.6) is 5.75 Å². The lowest BCUT2D eigenvalue weighted by Crippen LogP contribution is -2.22. The van der Waals surface area contributed by atoms with Gasteiger partial charge < -0.3 is 10.1 Å². The molecule has 0 saturated carbocycles. The molecule has 1 amide bonds. The quantitative estimate of drug-likeness (QED) is 0.579. The maximum atomic E-state index is 13.1. The fraction of sp³-hybridized carbons (Fsp3) is 0.0952. The van der Waals surface area contributed by atoms with Crippen molar-refractivity contribution in [3.8, 4) is 17.1 Å². The van der Waals surface area contributed by atoms with Gasteiger partial charge in [-0.25, -0.2) is 4.39 Å². The molecule has 7 heteroatoms. The molecule has 4 aromatic rings. The highest BCUT2D eigenvalue weighted by Gasteiger charge is 2.12. The normalized spacial score (nSPS) is 10.8. The van der Waals surface area contributed by atoms with E-state index in [0.29, 0.717) is 23.6 Å². The first kappa shape index (κ1) is 17.7. The minimum absolute atomic E-state index is 0.204. The van der Waals surface area contributed by atoms with Crippen LogP contribution >= 0.6 is 0 Å². The second-order valence-electron chi connectivity index (χ2n) is 6.20. The molecule has 0 spiro atoms. The van der Waals surface area contributed by atoms with Crippen molar-refractivity contribution in [2.75, 3.05) is 7.11 Å². The van der Waals surface area contributed by atoms with E-state index in [2.05, 4.69) is 15.5 Å². The van der Waals surface area contributed by atoms with Crippen molar-refractivity contribution in [2.45, 2.75) is 6.54 Å². The van der Waals surface area contributed by atoms with Crippen LogP contribution in [-0.2, 0) is 6.54 Å². The van der Waals surface area contributed by atoms with E-state index in [-0.39, 0.29) is 11.7 Å². The Morgan fingerprint density at radius 3 is 2.54 bits per heavy atom. The smallest absolute Gasteiger partial charge is 0.251 e. The molecular formula is C21H17FN4O2. The van der Waals surface area contributed by atoms with Crippen molar-refractivity contribution in [1.82, 2.24) is 19.9 Å². The lowest BCUT2D eigenvalue weighted by atomic mass is 10.2. The largest absolute Gasteiger partial charge is 0.497 e. The number of hydrogen-bond donors (Lipinski definition) is 1. The third kappa shape index (κ3) is 3.55. The average Bonchev–Trinajstić information content (AvgIpc) is 3.16. The molecule has 0 aliphatic rings. The fourth-order valence-corrected chi connectivity index (χ4v) is 2.86. The summed E-state index contributed by atoms with van der Waals surface area (Å²) in [6, 6.07) is 16.9. The Morgan fingerprint density at radius 2 is 1.82 bits per heavy atom. The molecule has 140 valence electrons. The van der Waals surface area contributed by atoms with Crippen LogP contribution in [0.1, 0.15) is 15.9 Å². The molecule has 0 atom stereocenters. The zero-order valence-electron chi connectivity index (χ0n) is 15.1. The molecule has 0 radical (unpaired) electrons. The number of hydrogen-bond acceptors (Lipinski definition) is 4. The van der Waals surface area contributed by atoms with Crippen LogP contribution in [0.15, 0.2) is 66.9 Å². The van der Waals surface area contributed by atoms with Gasteiger partial charge in [0.05, 0.1) is 7.11 Å². The number of amides is 1. The highest BCUT2D eigenvalue weighted by atomic mass is 19.1. The van der Waals surface area contributed by atoms with Crippen molar-refractivity contribution < 1.29 is 13.9 Å². The Morgan fingerprint density at radius 1 is 1.07 bits per heavy atom. The van der Waals surface area contributed by atoms with Crippen molar-refractivity contribution in [3.05, 3.63) is 83.8 Å². The molecule has 2 heterocycles. The average molecular weight is 376 g/mol. The van der Waals surface area contributed by atoms with Gasteiger partial charge in [-0.15, -0.1) is 10.2 Å². The first-order valence-electron chi connectivity index (χ1n) is 8.66. The summed E-state index contributed by atoms with van der Waals surface area (Å²) in [4.78, 5) is 12.5. The Bertz CT molecular complexity index is 1120. The highest BCUT2D eigenvalue weighted by Crippen LogP contribution is 2.19. The minimum atomic E-state index is -0.312. The number of methoxy groups -OCH3 is 1. The maximum absolute atomic E-state index is 13.1. The summed E-state index contributed by atoms with van der Waals surface area (Å²) in [5, 5.41) is 11.2. The number of ether oxygens (including phenoxy) is 1. The summed E-state index contributed by atoms with van der Waals surface area (Å²) in [7, 11) is 1.61. The van der Waals surface area contributed by atoms with Gasteiger partial charge in [-0.2, -0.15) is 0 Å². The minimum Gasteiger partial charge on any atom is -0.497 e. The van der Waals surface area contributed by atoms with Gasteiger partial charge in [-0.3, -0.25) is 9.20 Å². The second kappa shape index (κ2) is 7.48. The summed E-state index contributed by atoms with van der Waals surface area (Å²) >= 11 is 0. The topological polar surface area (TPSA) is 68.5 Å². The number of fused-ring (bicyclic) bond motifs is 1. The first-order valence-corrected chi connectivity index (χ1v) is 8.66. The van der Waals surface area contributed by atoms with E-state index >= 15 is 0 Å². The highest BCUT2D eigenvalue weighted by molar-refractivity contribution is 5.95. The molecule has 6 nitrogen and oxygen atoms in total. The van der Waals surface area contributed by atoms with Gasteiger partial charge in [0, 0.05) is 23.9 Å². The Kier molecular flexibility index (Phi) is 4.72. The number of pyridine rings is 1. The van der Waals surface area contributed by atoms with E-state index in [1.807, 2.05) is 24.3 Å². The van der Waals surface area contributed by atoms with Gasteiger partial charge in [0.25, 0.3) is 5.91 Å². The summed E-state index contributed by atoms with van der Waals surface area (Å²) < 4.78 is 20.0. The molecule has 0 unspecified atom stereocenters. The van der Waals surface area contributed by atoms with Crippen LogP contribution in [0.25, 0.3) is 17.0 Å². The van der Waals surface area contributed by atoms with Gasteiger partial charge in [0.15, 0.2) is 11.5 Å². The van der Waals surface area contributed by atoms with E-state index in [0.717, 1.165) is 16.9 Å². The summed E-state index contributed by atoms with van der Waals surface area (Å²) in [5.41, 5.74) is 2.73. The molecule has 0 saturated heterocycles. The molecule has 2 aromatic carbocycles. The van der Waals surface area contributed by atoms with Crippen LogP contribution in [0.2, 0.25) is 0 Å². The van der Waals surface area contributed by atoms with Crippen molar-refractivity contribution in [1.29, 1.82) is 0 Å². The molecule has 0 fully saturated rings. The Balaban J connectivity index is 1.51. The SMILES string of the molecule is COc1ccc(CNC(=O)c2ccn3c(-c4ccc(F)cc4)nnc3c2)cc1. The molecule has 2 aromatic heterocycles. The third-order valence-electron chi connectivity index (χ3n) is 4.39. The predicted octanol–water partition coefficient (Wildman–Crippen LogP) is 3.47. The number of carbonyl (C=O) groups excluding carboxylic acids is 1. The Labute approximate surface area is 160 Å². The standard InChI is InChI=1S/C21H17FN4O2/c1-28-18-8-2-14(3-9-18)13-23-21(27)16-10-11-26-19(12-16)24-25-20(26)15-4-6-17(22)7-5-15/h2-12H,13H2,1H3,(H,23,27). The van der Waals surface area contributed by atoms with Gasteiger partial charge in [0.2, 0.25) is 0 Å². The van der Waals surface area contributed by atoms with E-state index in [9.17, 15) is 9.18 Å². The Hall–Kier alpha value is -3.74. The number of rotatable bonds is 5. The van der Waals surface area contributed by atoms with Gasteiger partial charge >= 0.3 is 0 Å². The molecule has 0 aliphatic carbocycles. The lowest BCUT2D eigenvalue weighted by molar-refractivity contribution is 0.0951. The molecule has 0 bridgehead atoms. The number of nitrogens with one attached hydrogen (secondary N) is 1. The van der Waals surface area contributed by atoms with Crippen LogP contribution in [-0.4, -0.2) is 27.6 Å². The van der Waals surface area contributed by atoms with Crippen LogP contribution < -0.4 is 10.1 Å². The fourth-order valence-electron chi connectivity index (χ4n) is 2.86. The van der Waals surface area contributed by atoms with Crippen molar-refractivity contribution in [3.63, 3.8) is 0 Å². The lowest BCUT2D eigenvalue weighted by Gasteiger charge is -2.07. The van der Waals surface area contributed by atoms with Crippen LogP contribution in [0.4, 0.5) is 4.39 Å². The number of benzene rings is 2. The van der Waals surface area contributed by atoms with E-state index in [4.69, 9.17) is 4.74 Å². The predicted molar refractivity (Wildman–Crippen MR) is 103 cm³/mol. The molecule has 28 heavy (non-hydrogen) atoms. The molecular weight excluding hydrogens is 359 g/mol. The zero-order chi connectivity index (χ0) is 19.5. The van der Waals surface area contributed by atoms with Gasteiger partial charge in [-0.05, 0) is 54.1 Å². The monoisotopic (exact) mass is 376 g/mol. The van der Waals surface area contributed by atoms with E-state index in [1.165, 1.54) is 12.1 Å². The van der Waals surface area contributed by atoms with E-state index in [1.54, 1.807) is 42.0 Å². The number of aromatic nitrogens is 3. The van der Waals surface area contributed by atoms with E-state index < -0.39 is 0 Å². The number of carbonyl (C=O) groups is 1. The number of nitrogens with zero attached hydrogens (tertiary/aromatic N) is 3. The second-order valence-corrected chi connectivity index (χ2v) is 6.20. The molecule has 0 aliphatic heterocycles. The summed E-state index contributed by atoms with van der Waals surface area (Å²) in [6.45, 7) is 0.404. The summed E-state index contributed by atoms with van der Waals surface area (Å²) in [6.07, 6.45) is 1.73. The van der Waals surface area contributed by atoms with Crippen LogP contribution in [0.3, 0.4) is 0 Å². The maximum Gasteiger partial charge on any atom is 0.251 e. The molecule has 1 N–H and O–H groups in total. The van der Waals surface area contributed by atoms with Gasteiger partial charge in [-0.1, -0.05) is 12.1 Å². The first-order chi connectivity index (χ1) is 13.6. The van der Waals surface area contributed by atoms with Crippen LogP contribution in [0, 0.1) is 5.82 Å². The zero-order valence-corrected chi connectivity index (χ0v) is 15.1. The van der Waals surface area contributed by atoms with Crippen molar-refractivity contribution in [2.24, 2.45) is 0 Å². The van der Waals surface area contributed by atoms with Crippen molar-refractivity contribution >= 4 is 11.6 Å². The molecule has 4 rings (SSSR count). The summed E-state index contributed by atoms with van der Waals surface area (Å²) in [5.74, 6) is 0.836. The van der Waals surface area contributed by atoms with Gasteiger partial charge in [0.1, 0.15) is 11.6 Å². The third-order valence-corrected chi connectivity index (χ3v) is 4.39.